The average molecular weight is 190 g/mol. The van der Waals surface area contributed by atoms with Crippen molar-refractivity contribution in [2.75, 3.05) is 12.1 Å². The van der Waals surface area contributed by atoms with Crippen LogP contribution in [0.25, 0.3) is 0 Å². The van der Waals surface area contributed by atoms with Crippen LogP contribution < -0.4 is 5.01 Å². The molecule has 74 valence electrons. The van der Waals surface area contributed by atoms with E-state index in [1.807, 2.05) is 60.4 Å². The highest BCUT2D eigenvalue weighted by atomic mass is 16.3. The quantitative estimate of drug-likeness (QED) is 0.728. The van der Waals surface area contributed by atoms with Gasteiger partial charge in [-0.2, -0.15) is 0 Å². The van der Waals surface area contributed by atoms with Crippen LogP contribution in [0.1, 0.15) is 6.92 Å². The lowest BCUT2D eigenvalue weighted by molar-refractivity contribution is 0.181. The Morgan fingerprint density at radius 2 is 1.86 bits per heavy atom. The first-order valence-electron chi connectivity index (χ1n) is 4.64. The number of aliphatic hydroxyl groups excluding tert-OH is 1. The molecule has 1 N–H and O–H groups in total. The van der Waals surface area contributed by atoms with Crippen LogP contribution in [0, 0.1) is 0 Å². The molecule has 1 aromatic rings. The first kappa shape index (κ1) is 9.09. The van der Waals surface area contributed by atoms with Crippen LogP contribution in [0.15, 0.2) is 42.1 Å². The Balaban J connectivity index is 2.30. The molecule has 1 heterocycles. The lowest BCUT2D eigenvalue weighted by Crippen LogP contribution is -2.39. The average Bonchev–Trinajstić information content (AvgIpc) is 2.43. The van der Waals surface area contributed by atoms with Gasteiger partial charge < -0.3 is 5.11 Å². The summed E-state index contributed by atoms with van der Waals surface area (Å²) in [4.78, 5) is 0. The van der Waals surface area contributed by atoms with Crippen molar-refractivity contribution < 1.29 is 5.11 Å². The normalized spacial score (nSPS) is 21.4. The molecular weight excluding hydrogens is 176 g/mol. The predicted molar refractivity (Wildman–Crippen MR) is 56.4 cm³/mol. The smallest absolute Gasteiger partial charge is 0.166 e. The molecule has 2 rings (SSSR count). The molecule has 1 unspecified atom stereocenters. The van der Waals surface area contributed by atoms with Crippen molar-refractivity contribution in [1.29, 1.82) is 0 Å². The molecule has 1 aliphatic heterocycles. The summed E-state index contributed by atoms with van der Waals surface area (Å²) in [6.07, 6.45) is 1.27. The molecule has 0 saturated carbocycles. The molecule has 0 amide bonds. The standard InChI is InChI=1S/C11H14N2O/c1-9-8-11(14)13(12(9)2)10-6-4-3-5-7-10/h3-8,11,14H,1-2H3. The van der Waals surface area contributed by atoms with Crippen LogP contribution in [0.2, 0.25) is 0 Å². The fourth-order valence-corrected chi connectivity index (χ4v) is 1.65. The Bertz CT molecular complexity index is 348. The molecule has 1 aromatic carbocycles. The van der Waals surface area contributed by atoms with Gasteiger partial charge in [0.2, 0.25) is 0 Å². The van der Waals surface area contributed by atoms with Crippen molar-refractivity contribution in [3.05, 3.63) is 42.1 Å². The van der Waals surface area contributed by atoms with Crippen LogP contribution >= 0.6 is 0 Å². The fourth-order valence-electron chi connectivity index (χ4n) is 1.65. The summed E-state index contributed by atoms with van der Waals surface area (Å²) >= 11 is 0. The van der Waals surface area contributed by atoms with Crippen molar-refractivity contribution in [1.82, 2.24) is 5.01 Å². The monoisotopic (exact) mass is 190 g/mol. The molecule has 0 saturated heterocycles. The van der Waals surface area contributed by atoms with E-state index >= 15 is 0 Å². The molecule has 0 aliphatic carbocycles. The van der Waals surface area contributed by atoms with Crippen LogP contribution in [0.3, 0.4) is 0 Å². The van der Waals surface area contributed by atoms with E-state index in [1.165, 1.54) is 0 Å². The minimum Gasteiger partial charge on any atom is -0.368 e. The highest BCUT2D eigenvalue weighted by Crippen LogP contribution is 2.25. The van der Waals surface area contributed by atoms with Crippen molar-refractivity contribution >= 4 is 5.69 Å². The molecule has 1 aliphatic rings. The summed E-state index contributed by atoms with van der Waals surface area (Å²) < 4.78 is 0. The number of allylic oxidation sites excluding steroid dienone is 1. The van der Waals surface area contributed by atoms with Gasteiger partial charge >= 0.3 is 0 Å². The van der Waals surface area contributed by atoms with E-state index in [1.54, 1.807) is 0 Å². The second kappa shape index (κ2) is 3.35. The number of rotatable bonds is 1. The number of benzene rings is 1. The maximum absolute atomic E-state index is 9.79. The Morgan fingerprint density at radius 1 is 1.21 bits per heavy atom. The topological polar surface area (TPSA) is 26.7 Å². The summed E-state index contributed by atoms with van der Waals surface area (Å²) in [6.45, 7) is 1.98. The molecule has 0 aromatic heterocycles. The van der Waals surface area contributed by atoms with Gasteiger partial charge in [-0.05, 0) is 25.1 Å². The maximum Gasteiger partial charge on any atom is 0.166 e. The van der Waals surface area contributed by atoms with Crippen molar-refractivity contribution in [2.45, 2.75) is 13.2 Å². The summed E-state index contributed by atoms with van der Waals surface area (Å²) in [7, 11) is 1.94. The van der Waals surface area contributed by atoms with E-state index in [9.17, 15) is 5.11 Å². The molecule has 3 heteroatoms. The van der Waals surface area contributed by atoms with Crippen molar-refractivity contribution in [3.8, 4) is 0 Å². The summed E-state index contributed by atoms with van der Waals surface area (Å²) in [6, 6.07) is 9.84. The van der Waals surface area contributed by atoms with Gasteiger partial charge in [-0.25, -0.2) is 0 Å². The minimum absolute atomic E-state index is 0.553. The van der Waals surface area contributed by atoms with Crippen molar-refractivity contribution in [2.24, 2.45) is 0 Å². The number of hydrogen-bond donors (Lipinski definition) is 1. The molecule has 0 bridgehead atoms. The number of hydrazine groups is 1. The van der Waals surface area contributed by atoms with Gasteiger partial charge in [0.05, 0.1) is 5.69 Å². The first-order valence-corrected chi connectivity index (χ1v) is 4.64. The van der Waals surface area contributed by atoms with Crippen molar-refractivity contribution in [3.63, 3.8) is 0 Å². The molecular formula is C11H14N2O. The summed E-state index contributed by atoms with van der Waals surface area (Å²) in [5.41, 5.74) is 2.05. The highest BCUT2D eigenvalue weighted by Gasteiger charge is 2.25. The van der Waals surface area contributed by atoms with Gasteiger partial charge in [0.25, 0.3) is 0 Å². The number of hydrogen-bond acceptors (Lipinski definition) is 3. The summed E-state index contributed by atoms with van der Waals surface area (Å²) in [5.74, 6) is 0. The molecule has 3 nitrogen and oxygen atoms in total. The van der Waals surface area contributed by atoms with Gasteiger partial charge in [-0.3, -0.25) is 10.0 Å². The van der Waals surface area contributed by atoms with Crippen LogP contribution in [-0.4, -0.2) is 23.4 Å². The largest absolute Gasteiger partial charge is 0.368 e. The third-order valence-electron chi connectivity index (χ3n) is 2.50. The molecule has 14 heavy (non-hydrogen) atoms. The van der Waals surface area contributed by atoms with Gasteiger partial charge in [-0.15, -0.1) is 0 Å². The highest BCUT2D eigenvalue weighted by molar-refractivity contribution is 5.48. The maximum atomic E-state index is 9.79. The van der Waals surface area contributed by atoms with E-state index in [-0.39, 0.29) is 0 Å². The zero-order valence-corrected chi connectivity index (χ0v) is 8.38. The van der Waals surface area contributed by atoms with Crippen LogP contribution in [0.4, 0.5) is 5.69 Å². The van der Waals surface area contributed by atoms with E-state index in [2.05, 4.69) is 0 Å². The number of aliphatic hydroxyl groups is 1. The van der Waals surface area contributed by atoms with E-state index in [0.717, 1.165) is 11.4 Å². The fraction of sp³-hybridized carbons (Fsp3) is 0.273. The zero-order valence-electron chi connectivity index (χ0n) is 8.38. The Morgan fingerprint density at radius 3 is 2.36 bits per heavy atom. The molecule has 0 fully saturated rings. The predicted octanol–water partition coefficient (Wildman–Crippen LogP) is 1.58. The second-order valence-electron chi connectivity index (χ2n) is 3.43. The number of nitrogens with zero attached hydrogens (tertiary/aromatic N) is 2. The van der Waals surface area contributed by atoms with Crippen LogP contribution in [-0.2, 0) is 0 Å². The second-order valence-corrected chi connectivity index (χ2v) is 3.43. The lowest BCUT2D eigenvalue weighted by Gasteiger charge is -2.31. The third-order valence-corrected chi connectivity index (χ3v) is 2.50. The molecule has 1 atom stereocenters. The van der Waals surface area contributed by atoms with Gasteiger partial charge in [0.15, 0.2) is 6.23 Å². The Kier molecular flexibility index (Phi) is 2.17. The first-order chi connectivity index (χ1) is 6.70. The Hall–Kier alpha value is -1.48. The third kappa shape index (κ3) is 1.36. The number of anilines is 1. The summed E-state index contributed by atoms with van der Waals surface area (Å²) in [5, 5.41) is 13.6. The van der Waals surface area contributed by atoms with Gasteiger partial charge in [0.1, 0.15) is 0 Å². The number of para-hydroxylation sites is 1. The van der Waals surface area contributed by atoms with Gasteiger partial charge in [0, 0.05) is 12.7 Å². The van der Waals surface area contributed by atoms with E-state index in [4.69, 9.17) is 0 Å². The minimum atomic E-state index is -0.553. The molecule has 0 radical (unpaired) electrons. The molecule has 0 spiro atoms. The van der Waals surface area contributed by atoms with Crippen LogP contribution in [0.5, 0.6) is 0 Å². The Labute approximate surface area is 83.8 Å². The SMILES string of the molecule is CC1=CC(O)N(c2ccccc2)N1C. The van der Waals surface area contributed by atoms with E-state index < -0.39 is 6.23 Å². The zero-order chi connectivity index (χ0) is 10.1. The van der Waals surface area contributed by atoms with E-state index in [0.29, 0.717) is 0 Å². The van der Waals surface area contributed by atoms with Gasteiger partial charge in [-0.1, -0.05) is 18.2 Å². The lowest BCUT2D eigenvalue weighted by atomic mass is 10.3.